The Morgan fingerprint density at radius 2 is 2.50 bits per heavy atom. The summed E-state index contributed by atoms with van der Waals surface area (Å²) in [5.74, 6) is 0. The molecule has 1 aromatic heterocycles. The molecule has 0 spiro atoms. The van der Waals surface area contributed by atoms with Crippen LogP contribution in [0.4, 0.5) is 0 Å². The first-order valence-corrected chi connectivity index (χ1v) is 4.14. The van der Waals surface area contributed by atoms with E-state index in [4.69, 9.17) is 0 Å². The van der Waals surface area contributed by atoms with E-state index in [9.17, 15) is 0 Å². The third kappa shape index (κ3) is 1.78. The summed E-state index contributed by atoms with van der Waals surface area (Å²) in [7, 11) is 0. The average Bonchev–Trinajstić information content (AvgIpc) is 2.04. The molecule has 2 heterocycles. The Bertz CT molecular complexity index is 232. The lowest BCUT2D eigenvalue weighted by Gasteiger charge is -2.27. The van der Waals surface area contributed by atoms with Crippen molar-refractivity contribution in [2.75, 3.05) is 13.1 Å². The summed E-state index contributed by atoms with van der Waals surface area (Å²) >= 11 is 0. The van der Waals surface area contributed by atoms with Gasteiger partial charge in [0.05, 0.1) is 5.69 Å². The smallest absolute Gasteiger partial charge is 0.115 e. The van der Waals surface area contributed by atoms with Crippen LogP contribution in [-0.4, -0.2) is 29.1 Å². The minimum Gasteiger partial charge on any atom is -0.314 e. The van der Waals surface area contributed by atoms with Crippen molar-refractivity contribution >= 4 is 0 Å². The van der Waals surface area contributed by atoms with Gasteiger partial charge in [-0.3, -0.25) is 0 Å². The quantitative estimate of drug-likeness (QED) is 0.634. The lowest BCUT2D eigenvalue weighted by atomic mass is 10.2. The Morgan fingerprint density at radius 1 is 1.58 bits per heavy atom. The molecule has 64 valence electrons. The van der Waals surface area contributed by atoms with Gasteiger partial charge in [0.2, 0.25) is 0 Å². The van der Waals surface area contributed by atoms with Crippen LogP contribution in [0.15, 0.2) is 18.6 Å². The third-order valence-electron chi connectivity index (χ3n) is 2.00. The molecule has 0 aliphatic carbocycles. The van der Waals surface area contributed by atoms with E-state index in [2.05, 4.69) is 20.6 Å². The highest BCUT2D eigenvalue weighted by Gasteiger charge is 2.14. The zero-order valence-electron chi connectivity index (χ0n) is 6.83. The number of aromatic nitrogens is 2. The molecule has 1 aliphatic heterocycles. The molecule has 1 fully saturated rings. The lowest BCUT2D eigenvalue weighted by molar-refractivity contribution is 0.364. The zero-order valence-corrected chi connectivity index (χ0v) is 6.83. The molecule has 4 nitrogen and oxygen atoms in total. The fourth-order valence-electron chi connectivity index (χ4n) is 1.10. The van der Waals surface area contributed by atoms with E-state index in [1.807, 2.05) is 6.07 Å². The average molecular weight is 164 g/mol. The minimum absolute atomic E-state index is 0.625. The summed E-state index contributed by atoms with van der Waals surface area (Å²) in [6.07, 6.45) is 3.35. The molecule has 0 bridgehead atoms. The number of nitrogens with one attached hydrogen (secondary N) is 2. The molecule has 0 radical (unpaired) electrons. The van der Waals surface area contributed by atoms with Gasteiger partial charge in [-0.05, 0) is 6.07 Å². The standard InChI is InChI=1S/C8H12N4/c1-2-9-6-12-7(1)5-11-8-3-10-4-8/h1-2,6,8,10-11H,3-5H2. The van der Waals surface area contributed by atoms with Crippen molar-refractivity contribution in [1.29, 1.82) is 0 Å². The van der Waals surface area contributed by atoms with Crippen LogP contribution < -0.4 is 10.6 Å². The van der Waals surface area contributed by atoms with E-state index in [1.165, 1.54) is 0 Å². The molecule has 1 saturated heterocycles. The first-order chi connectivity index (χ1) is 5.95. The predicted octanol–water partition coefficient (Wildman–Crippen LogP) is -0.462. The van der Waals surface area contributed by atoms with Gasteiger partial charge in [-0.25, -0.2) is 9.97 Å². The van der Waals surface area contributed by atoms with E-state index < -0.39 is 0 Å². The summed E-state index contributed by atoms with van der Waals surface area (Å²) in [6.45, 7) is 2.99. The summed E-state index contributed by atoms with van der Waals surface area (Å²) in [5, 5.41) is 6.58. The molecule has 0 saturated carbocycles. The lowest BCUT2D eigenvalue weighted by Crippen LogP contribution is -2.55. The Balaban J connectivity index is 1.79. The minimum atomic E-state index is 0.625. The van der Waals surface area contributed by atoms with E-state index in [0.29, 0.717) is 6.04 Å². The van der Waals surface area contributed by atoms with Crippen molar-refractivity contribution in [2.24, 2.45) is 0 Å². The maximum atomic E-state index is 4.12. The number of rotatable bonds is 3. The second kappa shape index (κ2) is 3.60. The molecule has 4 heteroatoms. The molecule has 2 rings (SSSR count). The van der Waals surface area contributed by atoms with Crippen molar-refractivity contribution < 1.29 is 0 Å². The Kier molecular flexibility index (Phi) is 2.29. The number of hydrogen-bond acceptors (Lipinski definition) is 4. The molecular formula is C8H12N4. The largest absolute Gasteiger partial charge is 0.314 e. The highest BCUT2D eigenvalue weighted by Crippen LogP contribution is 1.94. The molecule has 0 unspecified atom stereocenters. The summed E-state index contributed by atoms with van der Waals surface area (Å²) in [5.41, 5.74) is 1.05. The first kappa shape index (κ1) is 7.64. The van der Waals surface area contributed by atoms with Crippen molar-refractivity contribution in [1.82, 2.24) is 20.6 Å². The maximum absolute atomic E-state index is 4.12. The normalized spacial score (nSPS) is 17.3. The number of nitrogens with zero attached hydrogens (tertiary/aromatic N) is 2. The van der Waals surface area contributed by atoms with Crippen molar-refractivity contribution in [2.45, 2.75) is 12.6 Å². The SMILES string of the molecule is c1cc(CNC2CNC2)ncn1. The van der Waals surface area contributed by atoms with Gasteiger partial charge in [0.1, 0.15) is 6.33 Å². The van der Waals surface area contributed by atoms with E-state index in [0.717, 1.165) is 25.3 Å². The van der Waals surface area contributed by atoms with Gasteiger partial charge in [0.25, 0.3) is 0 Å². The number of hydrogen-bond donors (Lipinski definition) is 2. The van der Waals surface area contributed by atoms with Gasteiger partial charge in [-0.2, -0.15) is 0 Å². The van der Waals surface area contributed by atoms with Gasteiger partial charge in [-0.1, -0.05) is 0 Å². The van der Waals surface area contributed by atoms with E-state index >= 15 is 0 Å². The van der Waals surface area contributed by atoms with Crippen LogP contribution >= 0.6 is 0 Å². The fraction of sp³-hybridized carbons (Fsp3) is 0.500. The molecule has 0 amide bonds. The van der Waals surface area contributed by atoms with Gasteiger partial charge in [0, 0.05) is 31.9 Å². The van der Waals surface area contributed by atoms with Crippen LogP contribution in [0, 0.1) is 0 Å². The Labute approximate surface area is 71.4 Å². The summed E-state index contributed by atoms with van der Waals surface area (Å²) in [6, 6.07) is 2.55. The molecule has 1 aromatic rings. The fourth-order valence-corrected chi connectivity index (χ4v) is 1.10. The van der Waals surface area contributed by atoms with Crippen LogP contribution in [0.3, 0.4) is 0 Å². The van der Waals surface area contributed by atoms with E-state index in [1.54, 1.807) is 12.5 Å². The molecule has 0 aromatic carbocycles. The van der Waals surface area contributed by atoms with Gasteiger partial charge >= 0.3 is 0 Å². The van der Waals surface area contributed by atoms with Crippen LogP contribution in [0.25, 0.3) is 0 Å². The van der Waals surface area contributed by atoms with Crippen LogP contribution in [0.1, 0.15) is 5.69 Å². The summed E-state index contributed by atoms with van der Waals surface area (Å²) < 4.78 is 0. The Hall–Kier alpha value is -1.00. The second-order valence-corrected chi connectivity index (χ2v) is 2.94. The second-order valence-electron chi connectivity index (χ2n) is 2.94. The predicted molar refractivity (Wildman–Crippen MR) is 45.5 cm³/mol. The molecular weight excluding hydrogens is 152 g/mol. The van der Waals surface area contributed by atoms with Gasteiger partial charge in [0.15, 0.2) is 0 Å². The van der Waals surface area contributed by atoms with Crippen LogP contribution in [0.2, 0.25) is 0 Å². The first-order valence-electron chi connectivity index (χ1n) is 4.14. The third-order valence-corrected chi connectivity index (χ3v) is 2.00. The van der Waals surface area contributed by atoms with Crippen LogP contribution in [-0.2, 0) is 6.54 Å². The molecule has 12 heavy (non-hydrogen) atoms. The van der Waals surface area contributed by atoms with Crippen LogP contribution in [0.5, 0.6) is 0 Å². The topological polar surface area (TPSA) is 49.8 Å². The molecule has 1 aliphatic rings. The summed E-state index contributed by atoms with van der Waals surface area (Å²) in [4.78, 5) is 7.97. The van der Waals surface area contributed by atoms with Crippen molar-refractivity contribution in [3.63, 3.8) is 0 Å². The van der Waals surface area contributed by atoms with Crippen molar-refractivity contribution in [3.05, 3.63) is 24.3 Å². The van der Waals surface area contributed by atoms with Gasteiger partial charge in [-0.15, -0.1) is 0 Å². The molecule has 2 N–H and O–H groups in total. The zero-order chi connectivity index (χ0) is 8.23. The Morgan fingerprint density at radius 3 is 3.08 bits per heavy atom. The van der Waals surface area contributed by atoms with Crippen molar-refractivity contribution in [3.8, 4) is 0 Å². The van der Waals surface area contributed by atoms with E-state index in [-0.39, 0.29) is 0 Å². The molecule has 0 atom stereocenters. The highest BCUT2D eigenvalue weighted by atomic mass is 15.1. The maximum Gasteiger partial charge on any atom is 0.115 e. The monoisotopic (exact) mass is 164 g/mol. The van der Waals surface area contributed by atoms with Gasteiger partial charge < -0.3 is 10.6 Å². The highest BCUT2D eigenvalue weighted by molar-refractivity contribution is 4.98.